The molecule has 0 fully saturated rings. The van der Waals surface area contributed by atoms with E-state index in [4.69, 9.17) is 5.73 Å². The molecule has 3 N–H and O–H groups in total. The van der Waals surface area contributed by atoms with Gasteiger partial charge >= 0.3 is 0 Å². The van der Waals surface area contributed by atoms with Gasteiger partial charge < -0.3 is 16.0 Å². The molecular formula is C10H16N4O2S. The highest BCUT2D eigenvalue weighted by Gasteiger charge is 2.16. The normalized spacial score (nSPS) is 10.0. The monoisotopic (exact) mass is 256 g/mol. The summed E-state index contributed by atoms with van der Waals surface area (Å²) in [6.07, 6.45) is 0.179. The van der Waals surface area contributed by atoms with Crippen molar-refractivity contribution in [3.8, 4) is 0 Å². The summed E-state index contributed by atoms with van der Waals surface area (Å²) >= 11 is 1.30. The first-order valence-corrected chi connectivity index (χ1v) is 6.13. The number of nitrogens with zero attached hydrogens (tertiary/aromatic N) is 2. The van der Waals surface area contributed by atoms with Crippen LogP contribution < -0.4 is 11.1 Å². The minimum Gasteiger partial charge on any atom is -0.375 e. The molecule has 1 aromatic rings. The molecule has 0 bridgehead atoms. The Hall–Kier alpha value is -1.63. The number of aromatic nitrogens is 1. The van der Waals surface area contributed by atoms with E-state index in [1.807, 2.05) is 6.92 Å². The lowest BCUT2D eigenvalue weighted by Gasteiger charge is -2.19. The van der Waals surface area contributed by atoms with E-state index in [0.717, 1.165) is 0 Å². The van der Waals surface area contributed by atoms with Crippen LogP contribution in [0.3, 0.4) is 0 Å². The molecule has 0 saturated carbocycles. The summed E-state index contributed by atoms with van der Waals surface area (Å²) in [5.74, 6) is -0.306. The number of thiazole rings is 1. The van der Waals surface area contributed by atoms with Gasteiger partial charge in [-0.3, -0.25) is 9.59 Å². The second kappa shape index (κ2) is 6.19. The van der Waals surface area contributed by atoms with E-state index in [2.05, 4.69) is 10.3 Å². The highest BCUT2D eigenvalue weighted by Crippen LogP contribution is 2.12. The van der Waals surface area contributed by atoms with Crippen LogP contribution in [0.25, 0.3) is 0 Å². The molecule has 1 heterocycles. The first kappa shape index (κ1) is 13.4. The van der Waals surface area contributed by atoms with Gasteiger partial charge in [-0.1, -0.05) is 0 Å². The third-order valence-electron chi connectivity index (χ3n) is 2.25. The molecule has 0 unspecified atom stereocenters. The second-order valence-corrected chi connectivity index (χ2v) is 4.32. The molecule has 0 aliphatic rings. The molecule has 0 radical (unpaired) electrons. The van der Waals surface area contributed by atoms with Crippen molar-refractivity contribution in [1.82, 2.24) is 15.2 Å². The van der Waals surface area contributed by atoms with Crippen molar-refractivity contribution in [1.29, 1.82) is 0 Å². The Morgan fingerprint density at radius 3 is 2.76 bits per heavy atom. The number of carbonyl (C=O) groups is 2. The van der Waals surface area contributed by atoms with Crippen LogP contribution in [0.2, 0.25) is 0 Å². The highest BCUT2D eigenvalue weighted by molar-refractivity contribution is 7.13. The van der Waals surface area contributed by atoms with Crippen molar-refractivity contribution in [2.24, 2.45) is 0 Å². The lowest BCUT2D eigenvalue weighted by molar-refractivity contribution is -0.135. The minimum absolute atomic E-state index is 0.0749. The van der Waals surface area contributed by atoms with Crippen LogP contribution in [0.5, 0.6) is 0 Å². The van der Waals surface area contributed by atoms with E-state index in [1.165, 1.54) is 16.2 Å². The number of carbonyl (C=O) groups excluding carboxylic acids is 2. The minimum atomic E-state index is -0.182. The van der Waals surface area contributed by atoms with E-state index in [9.17, 15) is 9.59 Å². The standard InChI is InChI=1S/C10H16N4O2S/c1-3-14(5-8(15)12-2)9(16)4-7-6-17-10(11)13-7/h6H,3-5H2,1-2H3,(H2,11,13)(H,12,15). The van der Waals surface area contributed by atoms with Crippen molar-refractivity contribution in [3.63, 3.8) is 0 Å². The molecule has 94 valence electrons. The fourth-order valence-corrected chi connectivity index (χ4v) is 1.86. The third-order valence-corrected chi connectivity index (χ3v) is 2.97. The maximum atomic E-state index is 11.9. The van der Waals surface area contributed by atoms with Crippen molar-refractivity contribution in [2.45, 2.75) is 13.3 Å². The lowest BCUT2D eigenvalue weighted by Crippen LogP contribution is -2.40. The average molecular weight is 256 g/mol. The zero-order chi connectivity index (χ0) is 12.8. The molecule has 1 rings (SSSR count). The number of amides is 2. The van der Waals surface area contributed by atoms with E-state index in [0.29, 0.717) is 17.4 Å². The first-order chi connectivity index (χ1) is 8.06. The van der Waals surface area contributed by atoms with Gasteiger partial charge in [0.25, 0.3) is 0 Å². The van der Waals surface area contributed by atoms with Crippen LogP contribution in [0.4, 0.5) is 5.13 Å². The Morgan fingerprint density at radius 1 is 1.59 bits per heavy atom. The molecule has 6 nitrogen and oxygen atoms in total. The number of hydrogen-bond acceptors (Lipinski definition) is 5. The van der Waals surface area contributed by atoms with Gasteiger partial charge in [-0.2, -0.15) is 0 Å². The Morgan fingerprint density at radius 2 is 2.29 bits per heavy atom. The Balaban J connectivity index is 2.57. The van der Waals surface area contributed by atoms with Crippen molar-refractivity contribution < 1.29 is 9.59 Å². The number of rotatable bonds is 5. The van der Waals surface area contributed by atoms with Crippen LogP contribution in [-0.2, 0) is 16.0 Å². The van der Waals surface area contributed by atoms with Crippen LogP contribution in [0.15, 0.2) is 5.38 Å². The fraction of sp³-hybridized carbons (Fsp3) is 0.500. The molecule has 17 heavy (non-hydrogen) atoms. The SMILES string of the molecule is CCN(CC(=O)NC)C(=O)Cc1csc(N)n1. The number of likely N-dealkylation sites (N-methyl/N-ethyl adjacent to an activating group) is 2. The van der Waals surface area contributed by atoms with Crippen molar-refractivity contribution in [2.75, 3.05) is 25.9 Å². The molecule has 0 spiro atoms. The van der Waals surface area contributed by atoms with Gasteiger partial charge in [0.05, 0.1) is 18.7 Å². The number of nitrogen functional groups attached to an aromatic ring is 1. The molecule has 1 aromatic heterocycles. The fourth-order valence-electron chi connectivity index (χ4n) is 1.30. The second-order valence-electron chi connectivity index (χ2n) is 3.43. The molecule has 0 aromatic carbocycles. The molecule has 2 amide bonds. The predicted octanol–water partition coefficient (Wildman–Crippen LogP) is -0.138. The van der Waals surface area contributed by atoms with E-state index in [-0.39, 0.29) is 24.8 Å². The van der Waals surface area contributed by atoms with Gasteiger partial charge in [-0.25, -0.2) is 4.98 Å². The quantitative estimate of drug-likeness (QED) is 0.767. The van der Waals surface area contributed by atoms with Gasteiger partial charge in [0, 0.05) is 19.0 Å². The average Bonchev–Trinajstić information content (AvgIpc) is 2.70. The maximum absolute atomic E-state index is 11.9. The summed E-state index contributed by atoms with van der Waals surface area (Å²) < 4.78 is 0. The Kier molecular flexibility index (Phi) is 4.89. The van der Waals surface area contributed by atoms with E-state index in [1.54, 1.807) is 12.4 Å². The molecule has 0 aliphatic carbocycles. The predicted molar refractivity (Wildman–Crippen MR) is 66.6 cm³/mol. The summed E-state index contributed by atoms with van der Waals surface area (Å²) in [6.45, 7) is 2.40. The highest BCUT2D eigenvalue weighted by atomic mass is 32.1. The van der Waals surface area contributed by atoms with Crippen LogP contribution in [0, 0.1) is 0 Å². The van der Waals surface area contributed by atoms with Gasteiger partial charge in [0.15, 0.2) is 5.13 Å². The largest absolute Gasteiger partial charge is 0.375 e. The van der Waals surface area contributed by atoms with E-state index < -0.39 is 0 Å². The lowest BCUT2D eigenvalue weighted by atomic mass is 10.3. The van der Waals surface area contributed by atoms with Gasteiger partial charge in [0.2, 0.25) is 11.8 Å². The summed E-state index contributed by atoms with van der Waals surface area (Å²) in [5, 5.41) is 4.68. The van der Waals surface area contributed by atoms with E-state index >= 15 is 0 Å². The Bertz CT molecular complexity index is 405. The molecule has 0 aliphatic heterocycles. The third kappa shape index (κ3) is 4.03. The zero-order valence-electron chi connectivity index (χ0n) is 9.90. The van der Waals surface area contributed by atoms with Crippen LogP contribution in [-0.4, -0.2) is 41.8 Å². The number of anilines is 1. The number of nitrogens with one attached hydrogen (secondary N) is 1. The topological polar surface area (TPSA) is 88.3 Å². The van der Waals surface area contributed by atoms with Crippen molar-refractivity contribution >= 4 is 28.3 Å². The first-order valence-electron chi connectivity index (χ1n) is 5.25. The van der Waals surface area contributed by atoms with Crippen LogP contribution >= 0.6 is 11.3 Å². The zero-order valence-corrected chi connectivity index (χ0v) is 10.7. The summed E-state index contributed by atoms with van der Waals surface area (Å²) in [4.78, 5) is 28.6. The van der Waals surface area contributed by atoms with Gasteiger partial charge in [-0.15, -0.1) is 11.3 Å². The molecule has 7 heteroatoms. The molecule has 0 saturated heterocycles. The molecular weight excluding hydrogens is 240 g/mol. The van der Waals surface area contributed by atoms with Gasteiger partial charge in [-0.05, 0) is 6.92 Å². The van der Waals surface area contributed by atoms with Gasteiger partial charge in [0.1, 0.15) is 0 Å². The number of nitrogens with two attached hydrogens (primary N) is 1. The molecule has 0 atom stereocenters. The number of hydrogen-bond donors (Lipinski definition) is 2. The maximum Gasteiger partial charge on any atom is 0.239 e. The van der Waals surface area contributed by atoms with Crippen LogP contribution in [0.1, 0.15) is 12.6 Å². The van der Waals surface area contributed by atoms with Crippen molar-refractivity contribution in [3.05, 3.63) is 11.1 Å². The smallest absolute Gasteiger partial charge is 0.239 e. The summed E-state index contributed by atoms with van der Waals surface area (Å²) in [5.41, 5.74) is 6.13. The summed E-state index contributed by atoms with van der Waals surface area (Å²) in [6, 6.07) is 0. The Labute approximate surface area is 104 Å². The summed E-state index contributed by atoms with van der Waals surface area (Å²) in [7, 11) is 1.54.